The summed E-state index contributed by atoms with van der Waals surface area (Å²) in [6.45, 7) is 2.94. The first-order valence-electron chi connectivity index (χ1n) is 5.89. The quantitative estimate of drug-likeness (QED) is 0.814. The molecule has 0 aromatic carbocycles. The molecule has 1 saturated heterocycles. The zero-order valence-electron chi connectivity index (χ0n) is 10.3. The Labute approximate surface area is 106 Å². The van der Waals surface area contributed by atoms with E-state index < -0.39 is 5.41 Å². The number of nitrogens with zero attached hydrogens (tertiary/aromatic N) is 3. The van der Waals surface area contributed by atoms with Crippen LogP contribution in [0.4, 0.5) is 0 Å². The van der Waals surface area contributed by atoms with Gasteiger partial charge < -0.3 is 10.0 Å². The SMILES string of the molecule is C[C@@]1(C#N)CCCN(C(=O)c2cncc(O)c2)C1. The highest BCUT2D eigenvalue weighted by atomic mass is 16.3. The highest BCUT2D eigenvalue weighted by Gasteiger charge is 2.33. The predicted octanol–water partition coefficient (Wildman–Crippen LogP) is 1.55. The molecule has 2 rings (SSSR count). The predicted molar refractivity (Wildman–Crippen MR) is 64.8 cm³/mol. The van der Waals surface area contributed by atoms with E-state index in [1.807, 2.05) is 6.92 Å². The normalized spacial score (nSPS) is 23.4. The van der Waals surface area contributed by atoms with Crippen LogP contribution in [0.15, 0.2) is 18.5 Å². The van der Waals surface area contributed by atoms with Gasteiger partial charge in [0.2, 0.25) is 0 Å². The molecule has 5 nitrogen and oxygen atoms in total. The molecule has 1 aliphatic heterocycles. The summed E-state index contributed by atoms with van der Waals surface area (Å²) >= 11 is 0. The number of hydrogen-bond donors (Lipinski definition) is 1. The number of likely N-dealkylation sites (tertiary alicyclic amines) is 1. The summed E-state index contributed by atoms with van der Waals surface area (Å²) in [5.74, 6) is -0.208. The number of aromatic nitrogens is 1. The van der Waals surface area contributed by atoms with Crippen molar-refractivity contribution in [3.8, 4) is 11.8 Å². The molecular formula is C13H15N3O2. The zero-order chi connectivity index (χ0) is 13.2. The Hall–Kier alpha value is -2.09. The Morgan fingerprint density at radius 3 is 3.06 bits per heavy atom. The van der Waals surface area contributed by atoms with Gasteiger partial charge in [-0.15, -0.1) is 0 Å². The first kappa shape index (κ1) is 12.4. The molecule has 0 bridgehead atoms. The summed E-state index contributed by atoms with van der Waals surface area (Å²) in [4.78, 5) is 17.7. The van der Waals surface area contributed by atoms with E-state index in [9.17, 15) is 9.90 Å². The lowest BCUT2D eigenvalue weighted by atomic mass is 9.83. The van der Waals surface area contributed by atoms with Gasteiger partial charge in [-0.2, -0.15) is 5.26 Å². The number of aromatic hydroxyl groups is 1. The van der Waals surface area contributed by atoms with Crippen molar-refractivity contribution in [2.75, 3.05) is 13.1 Å². The van der Waals surface area contributed by atoms with Crippen molar-refractivity contribution in [2.24, 2.45) is 5.41 Å². The summed E-state index contributed by atoms with van der Waals surface area (Å²) in [5, 5.41) is 18.4. The molecule has 1 fully saturated rings. The van der Waals surface area contributed by atoms with Gasteiger partial charge in [0.1, 0.15) is 5.75 Å². The van der Waals surface area contributed by atoms with E-state index in [0.717, 1.165) is 12.8 Å². The highest BCUT2D eigenvalue weighted by Crippen LogP contribution is 2.29. The van der Waals surface area contributed by atoms with E-state index in [4.69, 9.17) is 5.26 Å². The van der Waals surface area contributed by atoms with Crippen LogP contribution >= 0.6 is 0 Å². The van der Waals surface area contributed by atoms with Crippen LogP contribution in [0.2, 0.25) is 0 Å². The summed E-state index contributed by atoms with van der Waals surface area (Å²) in [6, 6.07) is 3.67. The van der Waals surface area contributed by atoms with Gasteiger partial charge in [-0.1, -0.05) is 0 Å². The van der Waals surface area contributed by atoms with E-state index in [1.165, 1.54) is 18.5 Å². The van der Waals surface area contributed by atoms with Crippen molar-refractivity contribution >= 4 is 5.91 Å². The summed E-state index contributed by atoms with van der Waals surface area (Å²) < 4.78 is 0. The fourth-order valence-corrected chi connectivity index (χ4v) is 2.23. The lowest BCUT2D eigenvalue weighted by Gasteiger charge is -2.35. The van der Waals surface area contributed by atoms with Crippen molar-refractivity contribution in [3.05, 3.63) is 24.0 Å². The minimum absolute atomic E-state index is 0.0269. The van der Waals surface area contributed by atoms with Gasteiger partial charge in [-0.3, -0.25) is 9.78 Å². The Morgan fingerprint density at radius 2 is 2.39 bits per heavy atom. The number of hydrogen-bond acceptors (Lipinski definition) is 4. The first-order chi connectivity index (χ1) is 8.54. The summed E-state index contributed by atoms with van der Waals surface area (Å²) in [5.41, 5.74) is -0.116. The van der Waals surface area contributed by atoms with Crippen molar-refractivity contribution in [1.82, 2.24) is 9.88 Å². The third-order valence-corrected chi connectivity index (χ3v) is 3.22. The Balaban J connectivity index is 2.17. The van der Waals surface area contributed by atoms with E-state index in [-0.39, 0.29) is 11.7 Å². The second-order valence-electron chi connectivity index (χ2n) is 4.93. The smallest absolute Gasteiger partial charge is 0.255 e. The van der Waals surface area contributed by atoms with E-state index >= 15 is 0 Å². The molecule has 18 heavy (non-hydrogen) atoms. The van der Waals surface area contributed by atoms with Crippen LogP contribution in [0.1, 0.15) is 30.1 Å². The van der Waals surface area contributed by atoms with E-state index in [1.54, 1.807) is 4.90 Å². The average molecular weight is 245 g/mol. The molecule has 94 valence electrons. The van der Waals surface area contributed by atoms with Crippen LogP contribution < -0.4 is 0 Å². The Morgan fingerprint density at radius 1 is 1.61 bits per heavy atom. The van der Waals surface area contributed by atoms with Gasteiger partial charge in [0.15, 0.2) is 0 Å². The zero-order valence-corrected chi connectivity index (χ0v) is 10.3. The maximum atomic E-state index is 12.2. The molecule has 0 radical (unpaired) electrons. The van der Waals surface area contributed by atoms with Crippen molar-refractivity contribution in [2.45, 2.75) is 19.8 Å². The lowest BCUT2D eigenvalue weighted by molar-refractivity contribution is 0.0629. The monoisotopic (exact) mass is 245 g/mol. The third kappa shape index (κ3) is 2.43. The van der Waals surface area contributed by atoms with Gasteiger partial charge in [-0.25, -0.2) is 0 Å². The fraction of sp³-hybridized carbons (Fsp3) is 0.462. The van der Waals surface area contributed by atoms with Crippen LogP contribution in [-0.2, 0) is 0 Å². The largest absolute Gasteiger partial charge is 0.506 e. The molecule has 0 spiro atoms. The van der Waals surface area contributed by atoms with Crippen LogP contribution in [0.5, 0.6) is 5.75 Å². The topological polar surface area (TPSA) is 77.2 Å². The lowest BCUT2D eigenvalue weighted by Crippen LogP contribution is -2.44. The first-order valence-corrected chi connectivity index (χ1v) is 5.89. The van der Waals surface area contributed by atoms with Crippen molar-refractivity contribution in [3.63, 3.8) is 0 Å². The second kappa shape index (κ2) is 4.65. The molecular weight excluding hydrogens is 230 g/mol. The van der Waals surface area contributed by atoms with E-state index in [0.29, 0.717) is 18.7 Å². The molecule has 1 amide bonds. The Kier molecular flexibility index (Phi) is 3.19. The van der Waals surface area contributed by atoms with Crippen LogP contribution in [0.25, 0.3) is 0 Å². The average Bonchev–Trinajstić information content (AvgIpc) is 2.38. The number of rotatable bonds is 1. The summed E-state index contributed by atoms with van der Waals surface area (Å²) in [7, 11) is 0. The van der Waals surface area contributed by atoms with Gasteiger partial charge >= 0.3 is 0 Å². The van der Waals surface area contributed by atoms with Gasteiger partial charge in [0.05, 0.1) is 23.2 Å². The van der Waals surface area contributed by atoms with Crippen molar-refractivity contribution in [1.29, 1.82) is 5.26 Å². The number of carbonyl (C=O) groups is 1. The van der Waals surface area contributed by atoms with Crippen LogP contribution in [0.3, 0.4) is 0 Å². The summed E-state index contributed by atoms with van der Waals surface area (Å²) in [6.07, 6.45) is 4.35. The van der Waals surface area contributed by atoms with Gasteiger partial charge in [0.25, 0.3) is 5.91 Å². The fourth-order valence-electron chi connectivity index (χ4n) is 2.23. The molecule has 1 N–H and O–H groups in total. The maximum absolute atomic E-state index is 12.2. The molecule has 0 unspecified atom stereocenters. The van der Waals surface area contributed by atoms with E-state index in [2.05, 4.69) is 11.1 Å². The number of amides is 1. The number of carbonyl (C=O) groups excluding carboxylic acids is 1. The molecule has 1 aromatic heterocycles. The third-order valence-electron chi connectivity index (χ3n) is 3.22. The molecule has 1 aliphatic rings. The van der Waals surface area contributed by atoms with Gasteiger partial charge in [-0.05, 0) is 25.8 Å². The maximum Gasteiger partial charge on any atom is 0.255 e. The van der Waals surface area contributed by atoms with Gasteiger partial charge in [0, 0.05) is 19.3 Å². The number of pyridine rings is 1. The molecule has 5 heteroatoms. The molecule has 0 saturated carbocycles. The second-order valence-corrected chi connectivity index (χ2v) is 4.93. The number of piperidine rings is 1. The highest BCUT2D eigenvalue weighted by molar-refractivity contribution is 5.94. The standard InChI is InChI=1S/C13H15N3O2/c1-13(8-14)3-2-4-16(9-13)12(18)10-5-11(17)7-15-6-10/h5-7,17H,2-4,9H2,1H3/t13-/m0/s1. The number of nitriles is 1. The Bertz CT molecular complexity index is 509. The molecule has 0 aliphatic carbocycles. The van der Waals surface area contributed by atoms with Crippen LogP contribution in [-0.4, -0.2) is 34.0 Å². The molecule has 1 atom stereocenters. The minimum atomic E-state index is -0.474. The minimum Gasteiger partial charge on any atom is -0.506 e. The van der Waals surface area contributed by atoms with Crippen LogP contribution in [0, 0.1) is 16.7 Å². The van der Waals surface area contributed by atoms with Crippen molar-refractivity contribution < 1.29 is 9.90 Å². The molecule has 1 aromatic rings. The molecule has 2 heterocycles.